The molecule has 1 aromatic heterocycles. The minimum Gasteiger partial charge on any atom is -0.480 e. The maximum absolute atomic E-state index is 11.8. The number of carbonyl (C=O) groups is 1. The van der Waals surface area contributed by atoms with Crippen molar-refractivity contribution in [1.29, 1.82) is 0 Å². The summed E-state index contributed by atoms with van der Waals surface area (Å²) in [6.07, 6.45) is 5.29. The van der Waals surface area contributed by atoms with Gasteiger partial charge in [0, 0.05) is 37.9 Å². The fourth-order valence-electron chi connectivity index (χ4n) is 3.97. The summed E-state index contributed by atoms with van der Waals surface area (Å²) in [4.78, 5) is 23.9. The Labute approximate surface area is 131 Å². The van der Waals surface area contributed by atoms with Crippen LogP contribution >= 0.6 is 0 Å². The average Bonchev–Trinajstić information content (AvgIpc) is 3.10. The summed E-state index contributed by atoms with van der Waals surface area (Å²) in [5.41, 5.74) is 1.53. The molecule has 6 nitrogen and oxygen atoms in total. The lowest BCUT2D eigenvalue weighted by molar-refractivity contribution is -0.144. The van der Waals surface area contributed by atoms with Crippen LogP contribution in [0.4, 0.5) is 0 Å². The van der Waals surface area contributed by atoms with Crippen molar-refractivity contribution in [1.82, 2.24) is 19.8 Å². The number of nitrogens with zero attached hydrogens (tertiary/aromatic N) is 3. The fourth-order valence-corrected chi connectivity index (χ4v) is 3.97. The van der Waals surface area contributed by atoms with Gasteiger partial charge in [-0.05, 0) is 26.7 Å². The highest BCUT2D eigenvalue weighted by Crippen LogP contribution is 2.28. The molecule has 22 heavy (non-hydrogen) atoms. The summed E-state index contributed by atoms with van der Waals surface area (Å²) in [6.45, 7) is 7.32. The van der Waals surface area contributed by atoms with Gasteiger partial charge in [-0.3, -0.25) is 14.6 Å². The van der Waals surface area contributed by atoms with E-state index in [0.717, 1.165) is 43.7 Å². The molecule has 122 valence electrons. The van der Waals surface area contributed by atoms with Gasteiger partial charge < -0.3 is 10.1 Å². The number of aromatic amines is 1. The lowest BCUT2D eigenvalue weighted by atomic mass is 10.1. The van der Waals surface area contributed by atoms with Crippen molar-refractivity contribution in [3.05, 3.63) is 17.2 Å². The number of carboxylic acid groups (broad SMARTS) is 1. The van der Waals surface area contributed by atoms with E-state index < -0.39 is 12.0 Å². The zero-order chi connectivity index (χ0) is 15.7. The molecule has 0 spiro atoms. The van der Waals surface area contributed by atoms with E-state index in [4.69, 9.17) is 0 Å². The van der Waals surface area contributed by atoms with Crippen molar-refractivity contribution in [2.24, 2.45) is 0 Å². The topological polar surface area (TPSA) is 72.5 Å². The van der Waals surface area contributed by atoms with Crippen LogP contribution in [0.1, 0.15) is 48.9 Å². The molecule has 2 heterocycles. The molecule has 6 heteroatoms. The smallest absolute Gasteiger partial charge is 0.327 e. The van der Waals surface area contributed by atoms with Gasteiger partial charge in [-0.1, -0.05) is 12.8 Å². The van der Waals surface area contributed by atoms with Crippen LogP contribution in [0.25, 0.3) is 0 Å². The monoisotopic (exact) mass is 306 g/mol. The van der Waals surface area contributed by atoms with E-state index in [1.807, 2.05) is 13.8 Å². The molecule has 2 aliphatic rings. The normalized spacial score (nSPS) is 23.0. The third-order valence-corrected chi connectivity index (χ3v) is 5.09. The molecule has 0 aromatic carbocycles. The van der Waals surface area contributed by atoms with E-state index in [1.54, 1.807) is 0 Å². The van der Waals surface area contributed by atoms with Gasteiger partial charge in [0.2, 0.25) is 0 Å². The third-order valence-electron chi connectivity index (χ3n) is 5.09. The first-order valence-corrected chi connectivity index (χ1v) is 8.30. The number of rotatable bonds is 4. The number of piperazine rings is 1. The van der Waals surface area contributed by atoms with Crippen molar-refractivity contribution in [3.8, 4) is 0 Å². The van der Waals surface area contributed by atoms with Gasteiger partial charge in [-0.2, -0.15) is 0 Å². The quantitative estimate of drug-likeness (QED) is 0.886. The van der Waals surface area contributed by atoms with E-state index in [0.29, 0.717) is 5.69 Å². The van der Waals surface area contributed by atoms with E-state index >= 15 is 0 Å². The summed E-state index contributed by atoms with van der Waals surface area (Å²) < 4.78 is 0. The molecule has 2 N–H and O–H groups in total. The molecule has 0 radical (unpaired) electrons. The Morgan fingerprint density at radius 1 is 1.23 bits per heavy atom. The Morgan fingerprint density at radius 2 is 1.86 bits per heavy atom. The van der Waals surface area contributed by atoms with Crippen LogP contribution in [0, 0.1) is 13.8 Å². The largest absolute Gasteiger partial charge is 0.480 e. The van der Waals surface area contributed by atoms with Gasteiger partial charge >= 0.3 is 5.97 Å². The number of aromatic nitrogens is 2. The van der Waals surface area contributed by atoms with Gasteiger partial charge in [0.1, 0.15) is 5.82 Å². The number of nitrogens with one attached hydrogen (secondary N) is 1. The van der Waals surface area contributed by atoms with Crippen LogP contribution in [0.15, 0.2) is 0 Å². The second-order valence-corrected chi connectivity index (χ2v) is 6.58. The summed E-state index contributed by atoms with van der Waals surface area (Å²) >= 11 is 0. The second-order valence-electron chi connectivity index (χ2n) is 6.58. The molecule has 1 atom stereocenters. The van der Waals surface area contributed by atoms with Crippen LogP contribution in [0.5, 0.6) is 0 Å². The summed E-state index contributed by atoms with van der Waals surface area (Å²) in [7, 11) is 0. The number of H-pyrrole nitrogens is 1. The van der Waals surface area contributed by atoms with Crippen LogP contribution in [0.2, 0.25) is 0 Å². The first-order chi connectivity index (χ1) is 10.6. The van der Waals surface area contributed by atoms with E-state index in [2.05, 4.69) is 19.8 Å². The van der Waals surface area contributed by atoms with Crippen molar-refractivity contribution in [3.63, 3.8) is 0 Å². The molecular formula is C16H26N4O2. The average molecular weight is 306 g/mol. The molecule has 3 rings (SSSR count). The molecule has 2 fully saturated rings. The van der Waals surface area contributed by atoms with Gasteiger partial charge in [0.05, 0.1) is 5.69 Å². The molecule has 1 aromatic rings. The van der Waals surface area contributed by atoms with Gasteiger partial charge in [0.25, 0.3) is 0 Å². The minimum absolute atomic E-state index is 0.629. The number of aliphatic carboxylic acids is 1. The number of aryl methyl sites for hydroxylation is 2. The van der Waals surface area contributed by atoms with Gasteiger partial charge in [-0.15, -0.1) is 0 Å². The number of hydrogen-bond acceptors (Lipinski definition) is 4. The maximum Gasteiger partial charge on any atom is 0.327 e. The van der Waals surface area contributed by atoms with Crippen molar-refractivity contribution in [2.75, 3.05) is 26.2 Å². The molecule has 1 unspecified atom stereocenters. The standard InChI is InChI=1S/C16H26N4O2/c1-11-14(18-12(2)17-11)15(16(21)22)20-9-7-19(8-10-20)13-5-3-4-6-13/h13,15H,3-10H2,1-2H3,(H,17,18)(H,21,22). The van der Waals surface area contributed by atoms with E-state index in [-0.39, 0.29) is 0 Å². The molecule has 0 amide bonds. The van der Waals surface area contributed by atoms with Gasteiger partial charge in [-0.25, -0.2) is 4.98 Å². The molecule has 1 aliphatic carbocycles. The van der Waals surface area contributed by atoms with Crippen LogP contribution < -0.4 is 0 Å². The maximum atomic E-state index is 11.8. The summed E-state index contributed by atoms with van der Waals surface area (Å²) in [6, 6.07) is 0.0930. The number of carboxylic acids is 1. The first kappa shape index (κ1) is 15.5. The highest BCUT2D eigenvalue weighted by Gasteiger charge is 2.35. The lowest BCUT2D eigenvalue weighted by Crippen LogP contribution is -2.51. The molecule has 1 saturated carbocycles. The third kappa shape index (κ3) is 3.03. The van der Waals surface area contributed by atoms with E-state index in [1.165, 1.54) is 25.7 Å². The fraction of sp³-hybridized carbons (Fsp3) is 0.750. The Bertz CT molecular complexity index is 528. The highest BCUT2D eigenvalue weighted by atomic mass is 16.4. The zero-order valence-electron chi connectivity index (χ0n) is 13.5. The van der Waals surface area contributed by atoms with Crippen molar-refractivity contribution >= 4 is 5.97 Å². The Morgan fingerprint density at radius 3 is 2.36 bits per heavy atom. The molecule has 1 aliphatic heterocycles. The molecular weight excluding hydrogens is 280 g/mol. The molecule has 0 bridgehead atoms. The predicted octanol–water partition coefficient (Wildman–Crippen LogP) is 1.71. The Hall–Kier alpha value is -1.40. The predicted molar refractivity (Wildman–Crippen MR) is 83.8 cm³/mol. The Kier molecular flexibility index (Phi) is 4.49. The van der Waals surface area contributed by atoms with E-state index in [9.17, 15) is 9.90 Å². The minimum atomic E-state index is -0.802. The summed E-state index contributed by atoms with van der Waals surface area (Å²) in [5.74, 6) is -0.0211. The van der Waals surface area contributed by atoms with Crippen molar-refractivity contribution in [2.45, 2.75) is 51.6 Å². The van der Waals surface area contributed by atoms with Crippen LogP contribution in [-0.2, 0) is 4.79 Å². The Balaban J connectivity index is 1.69. The zero-order valence-corrected chi connectivity index (χ0v) is 13.5. The highest BCUT2D eigenvalue weighted by molar-refractivity contribution is 5.75. The number of hydrogen-bond donors (Lipinski definition) is 2. The number of imidazole rings is 1. The van der Waals surface area contributed by atoms with Crippen LogP contribution in [-0.4, -0.2) is 63.1 Å². The van der Waals surface area contributed by atoms with Gasteiger partial charge in [0.15, 0.2) is 6.04 Å². The second kappa shape index (κ2) is 6.38. The summed E-state index contributed by atoms with van der Waals surface area (Å²) in [5, 5.41) is 9.68. The lowest BCUT2D eigenvalue weighted by Gasteiger charge is -2.40. The van der Waals surface area contributed by atoms with Crippen molar-refractivity contribution < 1.29 is 9.90 Å². The SMILES string of the molecule is Cc1nc(C(C(=O)O)N2CCN(C3CCCC3)CC2)c(C)[nH]1. The van der Waals surface area contributed by atoms with Crippen LogP contribution in [0.3, 0.4) is 0 Å². The first-order valence-electron chi connectivity index (χ1n) is 8.30. The molecule has 1 saturated heterocycles.